The van der Waals surface area contributed by atoms with E-state index in [2.05, 4.69) is 15.4 Å². The van der Waals surface area contributed by atoms with Gasteiger partial charge in [0.1, 0.15) is 5.75 Å². The molecule has 154 valence electrons. The summed E-state index contributed by atoms with van der Waals surface area (Å²) in [5, 5.41) is 7.17. The van der Waals surface area contributed by atoms with Crippen molar-refractivity contribution in [1.82, 2.24) is 24.2 Å². The van der Waals surface area contributed by atoms with Gasteiger partial charge in [0.2, 0.25) is 0 Å². The third kappa shape index (κ3) is 5.84. The van der Waals surface area contributed by atoms with E-state index < -0.39 is 0 Å². The molecule has 29 heavy (non-hydrogen) atoms. The highest BCUT2D eigenvalue weighted by atomic mass is 16.5. The van der Waals surface area contributed by atoms with Gasteiger partial charge < -0.3 is 19.5 Å². The molecular formula is C21H28N6O2. The van der Waals surface area contributed by atoms with Crippen molar-refractivity contribution in [1.29, 1.82) is 0 Å². The summed E-state index contributed by atoms with van der Waals surface area (Å²) in [7, 11) is 0. The van der Waals surface area contributed by atoms with Gasteiger partial charge in [-0.15, -0.1) is 0 Å². The van der Waals surface area contributed by atoms with E-state index in [4.69, 9.17) is 4.74 Å². The Labute approximate surface area is 171 Å². The third-order valence-electron chi connectivity index (χ3n) is 4.53. The van der Waals surface area contributed by atoms with Gasteiger partial charge in [-0.1, -0.05) is 18.2 Å². The Morgan fingerprint density at radius 3 is 2.86 bits per heavy atom. The highest BCUT2D eigenvalue weighted by Crippen LogP contribution is 2.21. The average Bonchev–Trinajstić information content (AvgIpc) is 3.40. The monoisotopic (exact) mass is 396 g/mol. The first kappa shape index (κ1) is 20.4. The number of carbonyl (C=O) groups excluding carboxylic acids is 1. The maximum Gasteiger partial charge on any atom is 0.322 e. The zero-order valence-electron chi connectivity index (χ0n) is 17.0. The SMILES string of the molecule is CCOc1ccccc1CN(CCCn1ccnc1)C(=O)Nc1cnn(CC)c1. The van der Waals surface area contributed by atoms with Gasteiger partial charge in [-0.2, -0.15) is 5.10 Å². The molecule has 0 atom stereocenters. The first-order chi connectivity index (χ1) is 14.2. The number of imidazole rings is 1. The molecule has 0 spiro atoms. The number of carbonyl (C=O) groups is 1. The number of benzene rings is 1. The fourth-order valence-electron chi connectivity index (χ4n) is 3.06. The number of aryl methyl sites for hydroxylation is 2. The number of rotatable bonds is 10. The van der Waals surface area contributed by atoms with Crippen molar-refractivity contribution in [3.05, 3.63) is 60.9 Å². The minimum absolute atomic E-state index is 0.155. The first-order valence-electron chi connectivity index (χ1n) is 9.94. The molecule has 2 aromatic heterocycles. The Morgan fingerprint density at radius 2 is 2.14 bits per heavy atom. The van der Waals surface area contributed by atoms with E-state index in [0.717, 1.165) is 30.8 Å². The van der Waals surface area contributed by atoms with Crippen LogP contribution in [-0.4, -0.2) is 43.4 Å². The number of amides is 2. The highest BCUT2D eigenvalue weighted by Gasteiger charge is 2.17. The van der Waals surface area contributed by atoms with Crippen molar-refractivity contribution in [3.63, 3.8) is 0 Å². The normalized spacial score (nSPS) is 10.7. The number of ether oxygens (including phenoxy) is 1. The lowest BCUT2D eigenvalue weighted by atomic mass is 10.2. The number of aromatic nitrogens is 4. The summed E-state index contributed by atoms with van der Waals surface area (Å²) in [6, 6.07) is 7.68. The highest BCUT2D eigenvalue weighted by molar-refractivity contribution is 5.89. The lowest BCUT2D eigenvalue weighted by Gasteiger charge is -2.24. The van der Waals surface area contributed by atoms with Crippen LogP contribution in [0.4, 0.5) is 10.5 Å². The lowest BCUT2D eigenvalue weighted by Crippen LogP contribution is -2.35. The molecule has 0 fully saturated rings. The van der Waals surface area contributed by atoms with Crippen molar-refractivity contribution in [2.45, 2.75) is 39.9 Å². The van der Waals surface area contributed by atoms with E-state index >= 15 is 0 Å². The predicted octanol–water partition coefficient (Wildman–Crippen LogP) is 3.62. The van der Waals surface area contributed by atoms with E-state index in [1.807, 2.05) is 55.1 Å². The second-order valence-electron chi connectivity index (χ2n) is 6.63. The Morgan fingerprint density at radius 1 is 1.28 bits per heavy atom. The number of nitrogens with one attached hydrogen (secondary N) is 1. The lowest BCUT2D eigenvalue weighted by molar-refractivity contribution is 0.206. The molecule has 3 aromatic rings. The van der Waals surface area contributed by atoms with Crippen LogP contribution < -0.4 is 10.1 Å². The third-order valence-corrected chi connectivity index (χ3v) is 4.53. The van der Waals surface area contributed by atoms with Crippen LogP contribution in [0.2, 0.25) is 0 Å². The maximum absolute atomic E-state index is 13.0. The molecule has 0 saturated carbocycles. The molecule has 2 amide bonds. The van der Waals surface area contributed by atoms with Gasteiger partial charge in [-0.25, -0.2) is 9.78 Å². The number of hydrogen-bond acceptors (Lipinski definition) is 4. The quantitative estimate of drug-likeness (QED) is 0.568. The van der Waals surface area contributed by atoms with Crippen LogP contribution in [0.3, 0.4) is 0 Å². The molecule has 2 heterocycles. The van der Waals surface area contributed by atoms with Gasteiger partial charge in [0.05, 0.1) is 31.4 Å². The van der Waals surface area contributed by atoms with Crippen molar-refractivity contribution >= 4 is 11.7 Å². The van der Waals surface area contributed by atoms with Crippen LogP contribution in [0, 0.1) is 0 Å². The van der Waals surface area contributed by atoms with Crippen LogP contribution >= 0.6 is 0 Å². The molecule has 0 aliphatic rings. The van der Waals surface area contributed by atoms with Gasteiger partial charge >= 0.3 is 6.03 Å². The zero-order valence-corrected chi connectivity index (χ0v) is 17.0. The maximum atomic E-state index is 13.0. The van der Waals surface area contributed by atoms with Crippen LogP contribution in [-0.2, 0) is 19.6 Å². The van der Waals surface area contributed by atoms with E-state index in [9.17, 15) is 4.79 Å². The van der Waals surface area contributed by atoms with Gasteiger partial charge in [0, 0.05) is 43.8 Å². The number of anilines is 1. The molecule has 0 aliphatic carbocycles. The zero-order chi connectivity index (χ0) is 20.5. The van der Waals surface area contributed by atoms with Crippen molar-refractivity contribution < 1.29 is 9.53 Å². The van der Waals surface area contributed by atoms with Gasteiger partial charge in [0.25, 0.3) is 0 Å². The summed E-state index contributed by atoms with van der Waals surface area (Å²) in [5.74, 6) is 0.807. The fraction of sp³-hybridized carbons (Fsp3) is 0.381. The molecule has 8 heteroatoms. The molecule has 0 radical (unpaired) electrons. The summed E-state index contributed by atoms with van der Waals surface area (Å²) < 4.78 is 9.52. The Hall–Kier alpha value is -3.29. The largest absolute Gasteiger partial charge is 0.494 e. The van der Waals surface area contributed by atoms with Crippen LogP contribution in [0.5, 0.6) is 5.75 Å². The molecule has 0 unspecified atom stereocenters. The minimum atomic E-state index is -0.155. The number of urea groups is 1. The molecule has 1 N–H and O–H groups in total. The van der Waals surface area contributed by atoms with Crippen LogP contribution in [0.1, 0.15) is 25.8 Å². The Kier molecular flexibility index (Phi) is 7.27. The van der Waals surface area contributed by atoms with Crippen molar-refractivity contribution in [3.8, 4) is 5.75 Å². The second kappa shape index (κ2) is 10.3. The van der Waals surface area contributed by atoms with E-state index in [1.165, 1.54) is 0 Å². The summed E-state index contributed by atoms with van der Waals surface area (Å²) in [6.07, 6.45) is 9.78. The average molecular weight is 396 g/mol. The standard InChI is InChI=1S/C21H28N6O2/c1-3-27-16-19(14-23-27)24-21(28)26(12-7-11-25-13-10-22-17-25)15-18-8-5-6-9-20(18)29-4-2/h5-6,8-10,13-14,16-17H,3-4,7,11-12,15H2,1-2H3,(H,24,28). The van der Waals surface area contributed by atoms with E-state index in [1.54, 1.807) is 28.3 Å². The molecule has 1 aromatic carbocycles. The molecular weight excluding hydrogens is 368 g/mol. The van der Waals surface area contributed by atoms with Gasteiger partial charge in [-0.05, 0) is 26.3 Å². The summed E-state index contributed by atoms with van der Waals surface area (Å²) in [4.78, 5) is 18.9. The molecule has 0 saturated heterocycles. The molecule has 0 aliphatic heterocycles. The van der Waals surface area contributed by atoms with Crippen molar-refractivity contribution in [2.24, 2.45) is 0 Å². The molecule has 3 rings (SSSR count). The Bertz CT molecular complexity index is 890. The van der Waals surface area contributed by atoms with Crippen molar-refractivity contribution in [2.75, 3.05) is 18.5 Å². The number of hydrogen-bond donors (Lipinski definition) is 1. The van der Waals surface area contributed by atoms with Gasteiger partial charge in [-0.3, -0.25) is 4.68 Å². The predicted molar refractivity (Wildman–Crippen MR) is 112 cm³/mol. The molecule has 0 bridgehead atoms. The topological polar surface area (TPSA) is 77.2 Å². The fourth-order valence-corrected chi connectivity index (χ4v) is 3.06. The minimum Gasteiger partial charge on any atom is -0.494 e. The number of nitrogens with zero attached hydrogens (tertiary/aromatic N) is 5. The van der Waals surface area contributed by atoms with Gasteiger partial charge in [0.15, 0.2) is 0 Å². The van der Waals surface area contributed by atoms with Crippen LogP contribution in [0.15, 0.2) is 55.4 Å². The van der Waals surface area contributed by atoms with E-state index in [-0.39, 0.29) is 6.03 Å². The van der Waals surface area contributed by atoms with E-state index in [0.29, 0.717) is 25.4 Å². The smallest absolute Gasteiger partial charge is 0.322 e. The Balaban J connectivity index is 1.70. The summed E-state index contributed by atoms with van der Waals surface area (Å²) >= 11 is 0. The number of para-hydroxylation sites is 1. The second-order valence-corrected chi connectivity index (χ2v) is 6.63. The molecule has 8 nitrogen and oxygen atoms in total. The summed E-state index contributed by atoms with van der Waals surface area (Å²) in [6.45, 7) is 7.17. The first-order valence-corrected chi connectivity index (χ1v) is 9.94. The van der Waals surface area contributed by atoms with Crippen LogP contribution in [0.25, 0.3) is 0 Å². The summed E-state index contributed by atoms with van der Waals surface area (Å²) in [5.41, 5.74) is 1.67.